The van der Waals surface area contributed by atoms with Crippen molar-refractivity contribution in [1.82, 2.24) is 4.90 Å². The Morgan fingerprint density at radius 2 is 1.53 bits per heavy atom. The first kappa shape index (κ1) is 14.3. The number of hydrogen-bond donors (Lipinski definition) is 1. The van der Waals surface area contributed by atoms with E-state index >= 15 is 0 Å². The average Bonchev–Trinajstić information content (AvgIpc) is 2.88. The van der Waals surface area contributed by atoms with Crippen molar-refractivity contribution < 1.29 is 26.6 Å². The average molecular weight is 268 g/mol. The predicted molar refractivity (Wildman–Crippen MR) is 56.9 cm³/mol. The van der Waals surface area contributed by atoms with Crippen LogP contribution in [0.1, 0.15) is 25.7 Å². The van der Waals surface area contributed by atoms with Gasteiger partial charge in [-0.2, -0.15) is 0 Å². The molecular weight excluding hydrogens is 251 g/mol. The Kier molecular flexibility index (Phi) is 5.29. The van der Waals surface area contributed by atoms with Crippen LogP contribution >= 0.6 is 0 Å². The van der Waals surface area contributed by atoms with Crippen LogP contribution in [-0.4, -0.2) is 50.1 Å². The third kappa shape index (κ3) is 5.94. The molecule has 2 fully saturated rings. The molecule has 0 aromatic rings. The van der Waals surface area contributed by atoms with Gasteiger partial charge < -0.3 is 4.55 Å². The van der Waals surface area contributed by atoms with Gasteiger partial charge in [0.2, 0.25) is 0 Å². The summed E-state index contributed by atoms with van der Waals surface area (Å²) in [5.74, 6) is 0. The number of amides is 2. The van der Waals surface area contributed by atoms with Crippen LogP contribution in [0.2, 0.25) is 0 Å². The Balaban J connectivity index is 0.000000249. The molecule has 0 atom stereocenters. The van der Waals surface area contributed by atoms with Crippen LogP contribution in [0.5, 0.6) is 0 Å². The maximum absolute atomic E-state index is 11.7. The molecule has 2 heterocycles. The molecule has 17 heavy (non-hydrogen) atoms. The van der Waals surface area contributed by atoms with Gasteiger partial charge in [0.15, 0.2) is 0 Å². The van der Waals surface area contributed by atoms with Crippen LogP contribution in [0.15, 0.2) is 0 Å². The fourth-order valence-electron chi connectivity index (χ4n) is 2.16. The predicted octanol–water partition coefficient (Wildman–Crippen LogP) is -0.703. The summed E-state index contributed by atoms with van der Waals surface area (Å²) in [7, 11) is -5.42. The third-order valence-electron chi connectivity index (χ3n) is 2.90. The Hall–Kier alpha value is -0.730. The topological polar surface area (TPSA) is 82.0 Å². The summed E-state index contributed by atoms with van der Waals surface area (Å²) in [5, 5.41) is 0. The highest BCUT2D eigenvalue weighted by atomic mass is 32.3. The molecular formula is C9H17FN2O4S. The molecule has 0 saturated carbocycles. The monoisotopic (exact) mass is 268 g/mol. The van der Waals surface area contributed by atoms with E-state index in [4.69, 9.17) is 13.0 Å². The Labute approximate surface area is 100 Å². The van der Waals surface area contributed by atoms with Gasteiger partial charge >= 0.3 is 6.03 Å². The molecule has 0 aliphatic carbocycles. The summed E-state index contributed by atoms with van der Waals surface area (Å²) in [6, 6.07) is 0.366. The van der Waals surface area contributed by atoms with Crippen molar-refractivity contribution >= 4 is 16.5 Å². The smallest absolute Gasteiger partial charge is 0.417 e. The van der Waals surface area contributed by atoms with Crippen molar-refractivity contribution in [2.45, 2.75) is 25.7 Å². The summed E-state index contributed by atoms with van der Waals surface area (Å²) in [5.41, 5.74) is 0. The first-order valence-electron chi connectivity index (χ1n) is 5.67. The van der Waals surface area contributed by atoms with Gasteiger partial charge in [-0.05, 0) is 12.8 Å². The lowest BCUT2D eigenvalue weighted by atomic mass is 10.4. The fourth-order valence-corrected chi connectivity index (χ4v) is 2.16. The van der Waals surface area contributed by atoms with E-state index in [1.807, 2.05) is 4.90 Å². The fraction of sp³-hybridized carbons (Fsp3) is 0.889. The van der Waals surface area contributed by atoms with E-state index in [1.54, 1.807) is 0 Å². The zero-order valence-electron chi connectivity index (χ0n) is 9.52. The molecule has 0 bridgehead atoms. The number of nitrogens with one attached hydrogen (secondary N) is 1. The highest BCUT2D eigenvalue weighted by molar-refractivity contribution is 7.80. The molecule has 0 spiro atoms. The standard InChI is InChI=1S/C9H16N2O.FHO3S/c12-9(10-5-1-2-6-10)11-7-3-4-8-11;1-5(2,3)4/h1-8H2;(H,2,3,4). The molecule has 6 nitrogen and oxygen atoms in total. The van der Waals surface area contributed by atoms with E-state index < -0.39 is 10.5 Å². The molecule has 0 radical (unpaired) electrons. The van der Waals surface area contributed by atoms with Crippen molar-refractivity contribution in [3.8, 4) is 0 Å². The highest BCUT2D eigenvalue weighted by Crippen LogP contribution is 2.06. The van der Waals surface area contributed by atoms with Gasteiger partial charge in [-0.1, -0.05) is 0 Å². The lowest BCUT2D eigenvalue weighted by Crippen LogP contribution is -3.14. The van der Waals surface area contributed by atoms with Crippen molar-refractivity contribution in [3.05, 3.63) is 0 Å². The van der Waals surface area contributed by atoms with E-state index in [1.165, 1.54) is 30.6 Å². The summed E-state index contributed by atoms with van der Waals surface area (Å²) < 4.78 is 35.3. The molecule has 2 amide bonds. The maximum atomic E-state index is 11.7. The van der Waals surface area contributed by atoms with Gasteiger partial charge in [0.05, 0.1) is 13.1 Å². The van der Waals surface area contributed by atoms with Crippen LogP contribution in [0.3, 0.4) is 0 Å². The quantitative estimate of drug-likeness (QED) is 0.465. The molecule has 2 rings (SSSR count). The normalized spacial score (nSPS) is 21.2. The minimum Gasteiger partial charge on any atom is -0.722 e. The lowest BCUT2D eigenvalue weighted by Gasteiger charge is -2.17. The van der Waals surface area contributed by atoms with Gasteiger partial charge in [-0.25, -0.2) is 13.2 Å². The summed E-state index contributed by atoms with van der Waals surface area (Å²) >= 11 is 0. The molecule has 2 saturated heterocycles. The second kappa shape index (κ2) is 6.27. The van der Waals surface area contributed by atoms with Crippen molar-refractivity contribution in [2.75, 3.05) is 26.2 Å². The Bertz CT molecular complexity index is 322. The number of halogens is 1. The van der Waals surface area contributed by atoms with Gasteiger partial charge in [0, 0.05) is 25.9 Å². The van der Waals surface area contributed by atoms with E-state index in [0.717, 1.165) is 26.2 Å². The van der Waals surface area contributed by atoms with Crippen LogP contribution in [0.4, 0.5) is 8.68 Å². The second-order valence-electron chi connectivity index (χ2n) is 4.20. The van der Waals surface area contributed by atoms with E-state index in [2.05, 4.69) is 0 Å². The van der Waals surface area contributed by atoms with Gasteiger partial charge in [-0.15, -0.1) is 3.89 Å². The van der Waals surface area contributed by atoms with Crippen LogP contribution < -0.4 is 4.90 Å². The van der Waals surface area contributed by atoms with Gasteiger partial charge in [0.1, 0.15) is 0 Å². The second-order valence-corrected chi connectivity index (χ2v) is 4.99. The zero-order valence-corrected chi connectivity index (χ0v) is 10.3. The first-order valence-corrected chi connectivity index (χ1v) is 6.98. The molecule has 1 N–H and O–H groups in total. The number of carbonyl (C=O) groups excluding carboxylic acids is 1. The number of carbonyl (C=O) groups is 1. The minimum atomic E-state index is -5.42. The SMILES string of the molecule is O=C(N1CCCC1)[NH+]1CCCC1.O=S(=O)([O-])F. The summed E-state index contributed by atoms with van der Waals surface area (Å²) in [6.45, 7) is 4.13. The van der Waals surface area contributed by atoms with E-state index in [0.29, 0.717) is 6.03 Å². The number of quaternary nitrogens is 1. The van der Waals surface area contributed by atoms with Crippen molar-refractivity contribution in [3.63, 3.8) is 0 Å². The maximum Gasteiger partial charge on any atom is 0.417 e. The zero-order chi connectivity index (χ0) is 12.9. The van der Waals surface area contributed by atoms with E-state index in [9.17, 15) is 8.68 Å². The number of nitrogens with zero attached hydrogens (tertiary/aromatic N) is 1. The Morgan fingerprint density at radius 1 is 1.12 bits per heavy atom. The van der Waals surface area contributed by atoms with Gasteiger partial charge in [0.25, 0.3) is 10.5 Å². The number of urea groups is 1. The number of rotatable bonds is 0. The first-order chi connectivity index (χ1) is 7.88. The molecule has 0 aromatic carbocycles. The van der Waals surface area contributed by atoms with Crippen LogP contribution in [0.25, 0.3) is 0 Å². The lowest BCUT2D eigenvalue weighted by molar-refractivity contribution is -0.805. The minimum absolute atomic E-state index is 0.366. The summed E-state index contributed by atoms with van der Waals surface area (Å²) in [6.07, 6.45) is 4.88. The van der Waals surface area contributed by atoms with Gasteiger partial charge in [-0.3, -0.25) is 9.80 Å². The largest absolute Gasteiger partial charge is 0.722 e. The van der Waals surface area contributed by atoms with Crippen molar-refractivity contribution in [1.29, 1.82) is 0 Å². The molecule has 0 unspecified atom stereocenters. The third-order valence-corrected chi connectivity index (χ3v) is 2.90. The van der Waals surface area contributed by atoms with Crippen LogP contribution in [-0.2, 0) is 10.5 Å². The number of hydrogen-bond acceptors (Lipinski definition) is 4. The summed E-state index contributed by atoms with van der Waals surface area (Å²) in [4.78, 5) is 15.0. The molecule has 0 aromatic heterocycles. The Morgan fingerprint density at radius 3 is 1.94 bits per heavy atom. The number of likely N-dealkylation sites (tertiary alicyclic amines) is 2. The molecule has 8 heteroatoms. The molecule has 100 valence electrons. The highest BCUT2D eigenvalue weighted by Gasteiger charge is 2.30. The molecule has 2 aliphatic heterocycles. The molecule has 2 aliphatic rings. The van der Waals surface area contributed by atoms with E-state index in [-0.39, 0.29) is 0 Å². The van der Waals surface area contributed by atoms with Crippen molar-refractivity contribution in [2.24, 2.45) is 0 Å². The van der Waals surface area contributed by atoms with Crippen LogP contribution in [0, 0.1) is 0 Å².